The van der Waals surface area contributed by atoms with Gasteiger partial charge in [0.05, 0.1) is 0 Å². The third kappa shape index (κ3) is 3.26. The highest BCUT2D eigenvalue weighted by molar-refractivity contribution is 5.96. The Labute approximate surface area is 126 Å². The summed E-state index contributed by atoms with van der Waals surface area (Å²) in [5.74, 6) is -0.152. The minimum absolute atomic E-state index is 0.0397. The number of hydrogen-bond acceptors (Lipinski definition) is 3. The van der Waals surface area contributed by atoms with Crippen LogP contribution in [0, 0.1) is 5.82 Å². The van der Waals surface area contributed by atoms with Crippen LogP contribution in [0.3, 0.4) is 0 Å². The van der Waals surface area contributed by atoms with Crippen LogP contribution in [0.5, 0.6) is 5.75 Å². The molecule has 1 atom stereocenters. The molecule has 116 valence electrons. The standard InChI is InChI=1S/C17H24FNO2/c1-5-8-19(11(2)3)13-9-15-14(12(4)20)6-7-16(18)17(15)21-10-13/h6-7,11,13H,5,8-10H2,1-4H3/t13-/m1/s1. The van der Waals surface area contributed by atoms with E-state index in [-0.39, 0.29) is 23.4 Å². The lowest BCUT2D eigenvalue weighted by Crippen LogP contribution is -2.47. The molecular weight excluding hydrogens is 269 g/mol. The highest BCUT2D eigenvalue weighted by Gasteiger charge is 2.30. The number of Topliss-reactive ketones (excluding diaryl/α,β-unsaturated/α-hetero) is 1. The van der Waals surface area contributed by atoms with Gasteiger partial charge >= 0.3 is 0 Å². The number of nitrogens with zero attached hydrogens (tertiary/aromatic N) is 1. The molecule has 1 aliphatic heterocycles. The summed E-state index contributed by atoms with van der Waals surface area (Å²) in [5, 5.41) is 0. The Morgan fingerprint density at radius 1 is 1.48 bits per heavy atom. The van der Waals surface area contributed by atoms with E-state index < -0.39 is 0 Å². The van der Waals surface area contributed by atoms with Gasteiger partial charge in [0, 0.05) is 23.2 Å². The van der Waals surface area contributed by atoms with Crippen LogP contribution in [0.4, 0.5) is 4.39 Å². The molecule has 0 unspecified atom stereocenters. The Balaban J connectivity index is 2.34. The first-order valence-corrected chi connectivity index (χ1v) is 7.66. The number of benzene rings is 1. The summed E-state index contributed by atoms with van der Waals surface area (Å²) in [6.45, 7) is 9.43. The quantitative estimate of drug-likeness (QED) is 0.779. The summed E-state index contributed by atoms with van der Waals surface area (Å²) in [6.07, 6.45) is 1.73. The second-order valence-electron chi connectivity index (χ2n) is 5.96. The second-order valence-corrected chi connectivity index (χ2v) is 5.96. The summed E-state index contributed by atoms with van der Waals surface area (Å²) in [5.41, 5.74) is 1.30. The van der Waals surface area contributed by atoms with Crippen molar-refractivity contribution in [2.45, 2.75) is 52.6 Å². The van der Waals surface area contributed by atoms with Crippen molar-refractivity contribution in [3.8, 4) is 5.75 Å². The van der Waals surface area contributed by atoms with Crippen LogP contribution in [-0.2, 0) is 6.42 Å². The van der Waals surface area contributed by atoms with Gasteiger partial charge in [-0.25, -0.2) is 4.39 Å². The average Bonchev–Trinajstić information content (AvgIpc) is 2.44. The maximum Gasteiger partial charge on any atom is 0.165 e. The molecule has 0 saturated carbocycles. The molecule has 21 heavy (non-hydrogen) atoms. The lowest BCUT2D eigenvalue weighted by Gasteiger charge is -2.38. The Morgan fingerprint density at radius 2 is 2.19 bits per heavy atom. The van der Waals surface area contributed by atoms with Crippen molar-refractivity contribution >= 4 is 5.78 Å². The van der Waals surface area contributed by atoms with Crippen LogP contribution >= 0.6 is 0 Å². The van der Waals surface area contributed by atoms with E-state index in [1.54, 1.807) is 6.07 Å². The van der Waals surface area contributed by atoms with Gasteiger partial charge in [0.2, 0.25) is 0 Å². The van der Waals surface area contributed by atoms with E-state index >= 15 is 0 Å². The molecule has 0 aromatic heterocycles. The Hall–Kier alpha value is -1.42. The number of fused-ring (bicyclic) bond motifs is 1. The molecule has 1 aliphatic rings. The van der Waals surface area contributed by atoms with Gasteiger partial charge in [0.15, 0.2) is 17.3 Å². The van der Waals surface area contributed by atoms with E-state index in [2.05, 4.69) is 25.7 Å². The summed E-state index contributed by atoms with van der Waals surface area (Å²) >= 11 is 0. The zero-order valence-electron chi connectivity index (χ0n) is 13.3. The molecule has 0 aliphatic carbocycles. The van der Waals surface area contributed by atoms with Crippen molar-refractivity contribution in [3.05, 3.63) is 29.1 Å². The van der Waals surface area contributed by atoms with Crippen LogP contribution in [0.25, 0.3) is 0 Å². The largest absolute Gasteiger partial charge is 0.489 e. The van der Waals surface area contributed by atoms with Crippen LogP contribution in [0.15, 0.2) is 12.1 Å². The summed E-state index contributed by atoms with van der Waals surface area (Å²) in [6, 6.07) is 3.48. The maximum atomic E-state index is 13.9. The van der Waals surface area contributed by atoms with Gasteiger partial charge in [-0.3, -0.25) is 9.69 Å². The van der Waals surface area contributed by atoms with Crippen molar-refractivity contribution < 1.29 is 13.9 Å². The second kappa shape index (κ2) is 6.56. The van der Waals surface area contributed by atoms with Crippen molar-refractivity contribution in [2.24, 2.45) is 0 Å². The third-order valence-corrected chi connectivity index (χ3v) is 4.07. The van der Waals surface area contributed by atoms with Crippen molar-refractivity contribution in [2.75, 3.05) is 13.2 Å². The lowest BCUT2D eigenvalue weighted by molar-refractivity contribution is 0.0885. The highest BCUT2D eigenvalue weighted by Crippen LogP contribution is 2.33. The highest BCUT2D eigenvalue weighted by atomic mass is 19.1. The van der Waals surface area contributed by atoms with Gasteiger partial charge in [0.1, 0.15) is 6.61 Å². The fourth-order valence-electron chi connectivity index (χ4n) is 3.10. The molecule has 4 heteroatoms. The summed E-state index contributed by atoms with van der Waals surface area (Å²) in [4.78, 5) is 14.1. The maximum absolute atomic E-state index is 13.9. The average molecular weight is 293 g/mol. The van der Waals surface area contributed by atoms with Crippen molar-refractivity contribution in [1.29, 1.82) is 0 Å². The van der Waals surface area contributed by atoms with E-state index in [0.29, 0.717) is 24.6 Å². The van der Waals surface area contributed by atoms with E-state index in [0.717, 1.165) is 18.5 Å². The first kappa shape index (κ1) is 16.0. The van der Waals surface area contributed by atoms with Gasteiger partial charge in [-0.2, -0.15) is 0 Å². The fraction of sp³-hybridized carbons (Fsp3) is 0.588. The molecule has 1 aromatic carbocycles. The Morgan fingerprint density at radius 3 is 2.76 bits per heavy atom. The van der Waals surface area contributed by atoms with Crippen LogP contribution in [0.2, 0.25) is 0 Å². The zero-order chi connectivity index (χ0) is 15.6. The minimum atomic E-state index is -0.375. The van der Waals surface area contributed by atoms with E-state index in [1.165, 1.54) is 13.0 Å². The molecule has 0 amide bonds. The molecule has 1 heterocycles. The molecular formula is C17H24FNO2. The predicted octanol–water partition coefficient (Wildman–Crippen LogP) is 3.45. The van der Waals surface area contributed by atoms with Gasteiger partial charge in [-0.15, -0.1) is 0 Å². The van der Waals surface area contributed by atoms with Gasteiger partial charge in [-0.05, 0) is 52.3 Å². The number of carbonyl (C=O) groups excluding carboxylic acids is 1. The predicted molar refractivity (Wildman–Crippen MR) is 81.5 cm³/mol. The van der Waals surface area contributed by atoms with Crippen molar-refractivity contribution in [1.82, 2.24) is 4.90 Å². The molecule has 0 fully saturated rings. The number of ether oxygens (including phenoxy) is 1. The summed E-state index contributed by atoms with van der Waals surface area (Å²) in [7, 11) is 0. The number of halogens is 1. The molecule has 3 nitrogen and oxygen atoms in total. The number of ketones is 1. The topological polar surface area (TPSA) is 29.5 Å². The molecule has 0 radical (unpaired) electrons. The van der Waals surface area contributed by atoms with E-state index in [1.807, 2.05) is 0 Å². The van der Waals surface area contributed by atoms with Crippen LogP contribution in [0.1, 0.15) is 50.0 Å². The van der Waals surface area contributed by atoms with Gasteiger partial charge < -0.3 is 4.74 Å². The number of hydrogen-bond donors (Lipinski definition) is 0. The normalized spacial score (nSPS) is 17.8. The Bertz CT molecular complexity index is 528. The first-order valence-electron chi connectivity index (χ1n) is 7.66. The number of carbonyl (C=O) groups is 1. The molecule has 0 bridgehead atoms. The monoisotopic (exact) mass is 293 g/mol. The third-order valence-electron chi connectivity index (χ3n) is 4.07. The van der Waals surface area contributed by atoms with Crippen LogP contribution in [-0.4, -0.2) is 35.9 Å². The molecule has 0 saturated heterocycles. The SMILES string of the molecule is CCCN(C(C)C)[C@H]1COc2c(F)ccc(C(C)=O)c2C1. The fourth-order valence-corrected chi connectivity index (χ4v) is 3.10. The van der Waals surface area contributed by atoms with Gasteiger partial charge in [-0.1, -0.05) is 6.92 Å². The molecule has 1 aromatic rings. The Kier molecular flexibility index (Phi) is 4.99. The van der Waals surface area contributed by atoms with E-state index in [4.69, 9.17) is 4.74 Å². The first-order chi connectivity index (χ1) is 9.95. The van der Waals surface area contributed by atoms with Crippen molar-refractivity contribution in [3.63, 3.8) is 0 Å². The molecule has 0 N–H and O–H groups in total. The zero-order valence-corrected chi connectivity index (χ0v) is 13.3. The van der Waals surface area contributed by atoms with Gasteiger partial charge in [0.25, 0.3) is 0 Å². The lowest BCUT2D eigenvalue weighted by atomic mass is 9.93. The molecule has 2 rings (SSSR count). The summed E-state index contributed by atoms with van der Waals surface area (Å²) < 4.78 is 19.6. The van der Waals surface area contributed by atoms with E-state index in [9.17, 15) is 9.18 Å². The smallest absolute Gasteiger partial charge is 0.165 e. The minimum Gasteiger partial charge on any atom is -0.489 e. The molecule has 0 spiro atoms. The number of rotatable bonds is 5. The van der Waals surface area contributed by atoms with Crippen LogP contribution < -0.4 is 4.74 Å².